The van der Waals surface area contributed by atoms with Crippen LogP contribution in [-0.2, 0) is 0 Å². The predicted octanol–water partition coefficient (Wildman–Crippen LogP) is 6.28. The minimum Gasteiger partial charge on any atom is -0.541 e. The van der Waals surface area contributed by atoms with E-state index in [0.29, 0.717) is 17.2 Å². The van der Waals surface area contributed by atoms with Gasteiger partial charge in [-0.25, -0.2) is 0 Å². The van der Waals surface area contributed by atoms with Gasteiger partial charge in [-0.15, -0.1) is 0 Å². The van der Waals surface area contributed by atoms with E-state index in [1.807, 2.05) is 42.5 Å². The van der Waals surface area contributed by atoms with E-state index in [2.05, 4.69) is 33.9 Å². The van der Waals surface area contributed by atoms with Crippen LogP contribution in [0.5, 0.6) is 28.7 Å². The summed E-state index contributed by atoms with van der Waals surface area (Å²) < 4.78 is 28.3. The van der Waals surface area contributed by atoms with Gasteiger partial charge in [0, 0.05) is 0 Å². The second-order valence-corrected chi connectivity index (χ2v) is 13.3. The molecule has 0 aliphatic heterocycles. The lowest BCUT2D eigenvalue weighted by atomic mass is 10.1. The van der Waals surface area contributed by atoms with Gasteiger partial charge < -0.3 is 23.4 Å². The van der Waals surface area contributed by atoms with E-state index in [0.717, 1.165) is 22.6 Å². The molecule has 0 unspecified atom stereocenters. The molecule has 0 aromatic heterocycles. The van der Waals surface area contributed by atoms with Gasteiger partial charge >= 0.3 is 0 Å². The minimum absolute atomic E-state index is 0.0973. The summed E-state index contributed by atoms with van der Waals surface area (Å²) in [5, 5.41) is 0.0973. The molecule has 5 nitrogen and oxygen atoms in total. The molecular weight excluding hydrogens is 396 g/mol. The van der Waals surface area contributed by atoms with Gasteiger partial charge in [-0.3, -0.25) is 0 Å². The Morgan fingerprint density at radius 1 is 0.667 bits per heavy atom. The van der Waals surface area contributed by atoms with Gasteiger partial charge in [-0.1, -0.05) is 39.0 Å². The molecule has 0 radical (unpaired) electrons. The standard InChI is InChI=1S/C24H34O5Si/c1-24(2,3)30(8,9)29-20-14-17(12-13-19(20)25-4)10-11-18-15-21(26-5)23(28-7)22(16-18)27-6/h10-16H,1-9H3. The Bertz CT molecular complexity index is 872. The van der Waals surface area contributed by atoms with Crippen molar-refractivity contribution in [2.45, 2.75) is 38.9 Å². The Balaban J connectivity index is 2.39. The zero-order valence-corrected chi connectivity index (χ0v) is 20.6. The molecule has 0 aliphatic carbocycles. The Hall–Kier alpha value is -2.60. The second kappa shape index (κ2) is 9.47. The molecule has 0 amide bonds. The molecule has 30 heavy (non-hydrogen) atoms. The number of hydrogen-bond donors (Lipinski definition) is 0. The summed E-state index contributed by atoms with van der Waals surface area (Å²) >= 11 is 0. The van der Waals surface area contributed by atoms with Crippen molar-refractivity contribution < 1.29 is 23.4 Å². The molecule has 0 saturated heterocycles. The third-order valence-electron chi connectivity index (χ3n) is 5.51. The normalized spacial score (nSPS) is 12.0. The van der Waals surface area contributed by atoms with Gasteiger partial charge in [0.25, 0.3) is 8.32 Å². The smallest absolute Gasteiger partial charge is 0.250 e. The summed E-state index contributed by atoms with van der Waals surface area (Å²) in [4.78, 5) is 0. The number of rotatable bonds is 8. The van der Waals surface area contributed by atoms with Crippen molar-refractivity contribution in [1.29, 1.82) is 0 Å². The lowest BCUT2D eigenvalue weighted by Gasteiger charge is -2.36. The summed E-state index contributed by atoms with van der Waals surface area (Å²) in [5.41, 5.74) is 1.95. The highest BCUT2D eigenvalue weighted by Crippen LogP contribution is 2.41. The number of hydrogen-bond acceptors (Lipinski definition) is 5. The van der Waals surface area contributed by atoms with Crippen molar-refractivity contribution >= 4 is 20.5 Å². The fourth-order valence-electron chi connectivity index (χ4n) is 2.69. The van der Waals surface area contributed by atoms with Crippen LogP contribution in [0.2, 0.25) is 18.1 Å². The summed E-state index contributed by atoms with van der Waals surface area (Å²) in [6, 6.07) is 9.79. The van der Waals surface area contributed by atoms with E-state index >= 15 is 0 Å². The summed E-state index contributed by atoms with van der Waals surface area (Å²) in [5.74, 6) is 3.33. The van der Waals surface area contributed by atoms with Gasteiger partial charge in [-0.2, -0.15) is 0 Å². The Kier molecular flexibility index (Phi) is 7.47. The highest BCUT2D eigenvalue weighted by atomic mass is 28.4. The summed E-state index contributed by atoms with van der Waals surface area (Å²) in [6.45, 7) is 11.1. The van der Waals surface area contributed by atoms with Crippen molar-refractivity contribution in [2.24, 2.45) is 0 Å². The molecule has 6 heteroatoms. The Labute approximate surface area is 181 Å². The zero-order chi connectivity index (χ0) is 22.5. The predicted molar refractivity (Wildman–Crippen MR) is 126 cm³/mol. The van der Waals surface area contributed by atoms with Crippen molar-refractivity contribution in [2.75, 3.05) is 28.4 Å². The summed E-state index contributed by atoms with van der Waals surface area (Å²) in [6.07, 6.45) is 4.03. The van der Waals surface area contributed by atoms with Gasteiger partial charge in [0.05, 0.1) is 28.4 Å². The average molecular weight is 431 g/mol. The van der Waals surface area contributed by atoms with E-state index < -0.39 is 8.32 Å². The molecule has 0 saturated carbocycles. The van der Waals surface area contributed by atoms with Crippen LogP contribution in [-0.4, -0.2) is 36.8 Å². The Morgan fingerprint density at radius 2 is 1.17 bits per heavy atom. The lowest BCUT2D eigenvalue weighted by molar-refractivity contribution is 0.324. The van der Waals surface area contributed by atoms with Crippen molar-refractivity contribution in [3.05, 3.63) is 41.5 Å². The first-order valence-electron chi connectivity index (χ1n) is 9.91. The first-order valence-corrected chi connectivity index (χ1v) is 12.8. The van der Waals surface area contributed by atoms with Crippen molar-refractivity contribution in [3.63, 3.8) is 0 Å². The zero-order valence-electron chi connectivity index (χ0n) is 19.6. The molecule has 0 heterocycles. The molecule has 2 aromatic carbocycles. The van der Waals surface area contributed by atoms with Gasteiger partial charge in [-0.05, 0) is 53.5 Å². The molecule has 0 aliphatic rings. The highest BCUT2D eigenvalue weighted by molar-refractivity contribution is 6.74. The van der Waals surface area contributed by atoms with E-state index in [1.54, 1.807) is 28.4 Å². The minimum atomic E-state index is -1.99. The van der Waals surface area contributed by atoms with E-state index in [9.17, 15) is 0 Å². The topological polar surface area (TPSA) is 46.2 Å². The molecule has 164 valence electrons. The molecule has 0 N–H and O–H groups in total. The van der Waals surface area contributed by atoms with E-state index in [1.165, 1.54) is 0 Å². The van der Waals surface area contributed by atoms with Crippen LogP contribution >= 0.6 is 0 Å². The van der Waals surface area contributed by atoms with Gasteiger partial charge in [0.2, 0.25) is 5.75 Å². The van der Waals surface area contributed by atoms with Crippen LogP contribution in [0.25, 0.3) is 12.2 Å². The van der Waals surface area contributed by atoms with Crippen LogP contribution in [0.15, 0.2) is 30.3 Å². The molecule has 2 aromatic rings. The molecule has 0 atom stereocenters. The maximum Gasteiger partial charge on any atom is 0.250 e. The van der Waals surface area contributed by atoms with Crippen LogP contribution in [0, 0.1) is 0 Å². The molecule has 2 rings (SSSR count). The van der Waals surface area contributed by atoms with Gasteiger partial charge in [0.15, 0.2) is 17.2 Å². The summed E-state index contributed by atoms with van der Waals surface area (Å²) in [7, 11) is 4.49. The van der Waals surface area contributed by atoms with Gasteiger partial charge in [0.1, 0.15) is 5.75 Å². The maximum atomic E-state index is 6.51. The van der Waals surface area contributed by atoms with Crippen molar-refractivity contribution in [1.82, 2.24) is 0 Å². The monoisotopic (exact) mass is 430 g/mol. The highest BCUT2D eigenvalue weighted by Gasteiger charge is 2.39. The van der Waals surface area contributed by atoms with Crippen molar-refractivity contribution in [3.8, 4) is 28.7 Å². The molecular formula is C24H34O5Si. The number of benzene rings is 2. The van der Waals surface area contributed by atoms with Crippen LogP contribution < -0.4 is 23.4 Å². The van der Waals surface area contributed by atoms with Crippen LogP contribution in [0.4, 0.5) is 0 Å². The molecule has 0 fully saturated rings. The second-order valence-electron chi connectivity index (χ2n) is 8.56. The van der Waals surface area contributed by atoms with E-state index in [4.69, 9.17) is 23.4 Å². The third-order valence-corrected chi connectivity index (χ3v) is 9.86. The SMILES string of the molecule is COc1ccc(C=Cc2cc(OC)c(OC)c(OC)c2)cc1O[Si](C)(C)C(C)(C)C. The number of methoxy groups -OCH3 is 4. The first kappa shape index (κ1) is 23.7. The lowest BCUT2D eigenvalue weighted by Crippen LogP contribution is -2.43. The largest absolute Gasteiger partial charge is 0.541 e. The van der Waals surface area contributed by atoms with E-state index in [-0.39, 0.29) is 5.04 Å². The van der Waals surface area contributed by atoms with Crippen LogP contribution in [0.1, 0.15) is 31.9 Å². The molecule has 0 spiro atoms. The van der Waals surface area contributed by atoms with Crippen LogP contribution in [0.3, 0.4) is 0 Å². The number of ether oxygens (including phenoxy) is 4. The first-order chi connectivity index (χ1) is 14.1. The fourth-order valence-corrected chi connectivity index (χ4v) is 3.71. The average Bonchev–Trinajstić information content (AvgIpc) is 2.70. The quantitative estimate of drug-likeness (QED) is 0.364. The third kappa shape index (κ3) is 5.30. The maximum absolute atomic E-state index is 6.51. The molecule has 0 bridgehead atoms. The fraction of sp³-hybridized carbons (Fsp3) is 0.417. The Morgan fingerprint density at radius 3 is 1.63 bits per heavy atom.